The average molecular weight is 428 g/mol. The van der Waals surface area contributed by atoms with E-state index >= 15 is 0 Å². The zero-order valence-electron chi connectivity index (χ0n) is 17.5. The van der Waals surface area contributed by atoms with Crippen molar-refractivity contribution in [3.8, 4) is 11.3 Å². The lowest BCUT2D eigenvalue weighted by Gasteiger charge is -2.09. The van der Waals surface area contributed by atoms with E-state index in [2.05, 4.69) is 24.4 Å². The summed E-state index contributed by atoms with van der Waals surface area (Å²) in [6.07, 6.45) is 2.03. The largest absolute Gasteiger partial charge is 0.348 e. The lowest BCUT2D eigenvalue weighted by molar-refractivity contribution is 0.0948. The Morgan fingerprint density at radius 2 is 1.61 bits per heavy atom. The van der Waals surface area contributed by atoms with Crippen LogP contribution >= 0.6 is 11.8 Å². The molecule has 0 aliphatic rings. The van der Waals surface area contributed by atoms with Crippen LogP contribution in [0, 0.1) is 0 Å². The molecule has 0 saturated carbocycles. The quantitative estimate of drug-likeness (QED) is 0.370. The highest BCUT2D eigenvalue weighted by atomic mass is 32.2. The Hall–Kier alpha value is -3.31. The van der Waals surface area contributed by atoms with Gasteiger partial charge in [-0.2, -0.15) is 5.10 Å². The number of hydrogen-bond acceptors (Lipinski definition) is 3. The highest BCUT2D eigenvalue weighted by Gasteiger charge is 2.15. The molecule has 0 saturated heterocycles. The third-order valence-corrected chi connectivity index (χ3v) is 5.90. The summed E-state index contributed by atoms with van der Waals surface area (Å²) >= 11 is 1.68. The Kier molecular flexibility index (Phi) is 6.85. The number of thioether (sulfide) groups is 1. The first-order valence-electron chi connectivity index (χ1n) is 10.4. The molecule has 0 unspecified atom stereocenters. The van der Waals surface area contributed by atoms with Crippen LogP contribution in [-0.4, -0.2) is 21.4 Å². The summed E-state index contributed by atoms with van der Waals surface area (Å²) < 4.78 is 1.94. The summed E-state index contributed by atoms with van der Waals surface area (Å²) in [6.45, 7) is 3.19. The van der Waals surface area contributed by atoms with E-state index < -0.39 is 0 Å². The first-order valence-corrected chi connectivity index (χ1v) is 11.4. The van der Waals surface area contributed by atoms with E-state index in [1.807, 2.05) is 83.7 Å². The highest BCUT2D eigenvalue weighted by molar-refractivity contribution is 7.99. The highest BCUT2D eigenvalue weighted by Crippen LogP contribution is 2.24. The number of carbonyl (C=O) groups excluding carboxylic acids is 1. The second-order valence-electron chi connectivity index (χ2n) is 7.16. The van der Waals surface area contributed by atoms with Crippen LogP contribution in [0.1, 0.15) is 28.4 Å². The summed E-state index contributed by atoms with van der Waals surface area (Å²) in [5.41, 5.74) is 4.84. The molecular formula is C26H25N3OS. The molecule has 1 heterocycles. The fraction of sp³-hybridized carbons (Fsp3) is 0.154. The van der Waals surface area contributed by atoms with E-state index in [9.17, 15) is 4.79 Å². The predicted molar refractivity (Wildman–Crippen MR) is 127 cm³/mol. The third kappa shape index (κ3) is 5.25. The van der Waals surface area contributed by atoms with Gasteiger partial charge in [-0.05, 0) is 23.4 Å². The molecular weight excluding hydrogens is 402 g/mol. The molecule has 1 aromatic heterocycles. The number of benzene rings is 3. The number of aromatic nitrogens is 2. The molecule has 1 amide bonds. The molecule has 0 spiro atoms. The van der Waals surface area contributed by atoms with Gasteiger partial charge in [0.05, 0.1) is 17.8 Å². The van der Waals surface area contributed by atoms with Gasteiger partial charge in [-0.25, -0.2) is 0 Å². The standard InChI is InChI=1S/C26H25N3OS/c1-2-31-24-16-10-9-15-23(24)26(30)27-17-22-19-29(18-20-11-5-3-6-12-20)28-25(22)21-13-7-4-8-14-21/h3-16,19H,2,17-18H2,1H3,(H,27,30). The van der Waals surface area contributed by atoms with Crippen LogP contribution in [0.4, 0.5) is 0 Å². The van der Waals surface area contributed by atoms with Crippen molar-refractivity contribution in [2.24, 2.45) is 0 Å². The third-order valence-electron chi connectivity index (χ3n) is 4.94. The molecule has 0 aliphatic heterocycles. The molecule has 4 rings (SSSR count). The van der Waals surface area contributed by atoms with Gasteiger partial charge in [-0.15, -0.1) is 11.8 Å². The predicted octanol–water partition coefficient (Wildman–Crippen LogP) is 5.64. The number of rotatable bonds is 8. The van der Waals surface area contributed by atoms with E-state index in [1.54, 1.807) is 11.8 Å². The maximum absolute atomic E-state index is 12.9. The van der Waals surface area contributed by atoms with Crippen molar-refractivity contribution in [2.75, 3.05) is 5.75 Å². The van der Waals surface area contributed by atoms with Gasteiger partial charge in [0.2, 0.25) is 0 Å². The van der Waals surface area contributed by atoms with Gasteiger partial charge in [-0.1, -0.05) is 79.7 Å². The molecule has 0 aliphatic carbocycles. The fourth-order valence-corrected chi connectivity index (χ4v) is 4.29. The van der Waals surface area contributed by atoms with Crippen molar-refractivity contribution in [3.05, 3.63) is 108 Å². The molecule has 156 valence electrons. The Labute approximate surface area is 187 Å². The number of nitrogens with zero attached hydrogens (tertiary/aromatic N) is 2. The summed E-state index contributed by atoms with van der Waals surface area (Å²) in [4.78, 5) is 13.9. The average Bonchev–Trinajstić information content (AvgIpc) is 3.22. The molecule has 4 aromatic rings. The minimum absolute atomic E-state index is 0.0635. The SMILES string of the molecule is CCSc1ccccc1C(=O)NCc1cn(Cc2ccccc2)nc1-c1ccccc1. The lowest BCUT2D eigenvalue weighted by atomic mass is 10.1. The smallest absolute Gasteiger partial charge is 0.252 e. The summed E-state index contributed by atoms with van der Waals surface area (Å²) in [6, 6.07) is 28.1. The molecule has 0 atom stereocenters. The Bertz CT molecular complexity index is 1140. The zero-order chi connectivity index (χ0) is 21.5. The van der Waals surface area contributed by atoms with Crippen molar-refractivity contribution in [1.29, 1.82) is 0 Å². The lowest BCUT2D eigenvalue weighted by Crippen LogP contribution is -2.23. The van der Waals surface area contributed by atoms with Gasteiger partial charge in [0.25, 0.3) is 5.91 Å². The first-order chi connectivity index (χ1) is 15.2. The Balaban J connectivity index is 1.57. The first kappa shape index (κ1) is 20.9. The molecule has 5 heteroatoms. The second-order valence-corrected chi connectivity index (χ2v) is 8.47. The van der Waals surface area contributed by atoms with Gasteiger partial charge in [0.15, 0.2) is 0 Å². The van der Waals surface area contributed by atoms with E-state index in [1.165, 1.54) is 5.56 Å². The molecule has 0 bridgehead atoms. The summed E-state index contributed by atoms with van der Waals surface area (Å²) in [5, 5.41) is 7.93. The number of carbonyl (C=O) groups is 1. The minimum atomic E-state index is -0.0635. The van der Waals surface area contributed by atoms with Crippen molar-refractivity contribution < 1.29 is 4.79 Å². The van der Waals surface area contributed by atoms with Gasteiger partial charge in [0, 0.05) is 28.8 Å². The normalized spacial score (nSPS) is 10.7. The maximum Gasteiger partial charge on any atom is 0.252 e. The molecule has 3 aromatic carbocycles. The second kappa shape index (κ2) is 10.1. The Morgan fingerprint density at radius 3 is 2.35 bits per heavy atom. The van der Waals surface area contributed by atoms with Crippen molar-refractivity contribution in [2.45, 2.75) is 24.9 Å². The number of hydrogen-bond donors (Lipinski definition) is 1. The van der Waals surface area contributed by atoms with E-state index in [0.717, 1.165) is 27.5 Å². The monoisotopic (exact) mass is 427 g/mol. The summed E-state index contributed by atoms with van der Waals surface area (Å²) in [5.74, 6) is 0.862. The van der Waals surface area contributed by atoms with Crippen molar-refractivity contribution >= 4 is 17.7 Å². The topological polar surface area (TPSA) is 46.9 Å². The van der Waals surface area contributed by atoms with Crippen molar-refractivity contribution in [1.82, 2.24) is 15.1 Å². The van der Waals surface area contributed by atoms with Crippen LogP contribution in [0.5, 0.6) is 0 Å². The van der Waals surface area contributed by atoms with Gasteiger partial charge in [-0.3, -0.25) is 9.48 Å². The van der Waals surface area contributed by atoms with E-state index in [0.29, 0.717) is 18.7 Å². The van der Waals surface area contributed by atoms with Gasteiger partial charge >= 0.3 is 0 Å². The molecule has 4 nitrogen and oxygen atoms in total. The minimum Gasteiger partial charge on any atom is -0.348 e. The van der Waals surface area contributed by atoms with Crippen LogP contribution < -0.4 is 5.32 Å². The van der Waals surface area contributed by atoms with Crippen LogP contribution in [0.2, 0.25) is 0 Å². The fourth-order valence-electron chi connectivity index (χ4n) is 3.49. The molecule has 0 fully saturated rings. The van der Waals surface area contributed by atoms with Gasteiger partial charge < -0.3 is 5.32 Å². The molecule has 1 N–H and O–H groups in total. The van der Waals surface area contributed by atoms with Crippen molar-refractivity contribution in [3.63, 3.8) is 0 Å². The van der Waals surface area contributed by atoms with Gasteiger partial charge in [0.1, 0.15) is 0 Å². The van der Waals surface area contributed by atoms with Crippen LogP contribution in [0.3, 0.4) is 0 Å². The van der Waals surface area contributed by atoms with E-state index in [-0.39, 0.29) is 5.91 Å². The van der Waals surface area contributed by atoms with Crippen LogP contribution in [0.25, 0.3) is 11.3 Å². The Morgan fingerprint density at radius 1 is 0.935 bits per heavy atom. The van der Waals surface area contributed by atoms with E-state index in [4.69, 9.17) is 5.10 Å². The number of nitrogens with one attached hydrogen (secondary N) is 1. The zero-order valence-corrected chi connectivity index (χ0v) is 18.3. The number of amides is 1. The molecule has 0 radical (unpaired) electrons. The van der Waals surface area contributed by atoms with Crippen LogP contribution in [-0.2, 0) is 13.1 Å². The summed E-state index contributed by atoms with van der Waals surface area (Å²) in [7, 11) is 0. The maximum atomic E-state index is 12.9. The van der Waals surface area contributed by atoms with Crippen LogP contribution in [0.15, 0.2) is 96.0 Å². The molecule has 31 heavy (non-hydrogen) atoms.